The van der Waals surface area contributed by atoms with Gasteiger partial charge in [-0.3, -0.25) is 9.59 Å². The van der Waals surface area contributed by atoms with Gasteiger partial charge in [-0.2, -0.15) is 0 Å². The molecule has 5 rings (SSSR count). The van der Waals surface area contributed by atoms with Crippen molar-refractivity contribution in [2.75, 3.05) is 6.54 Å². The second-order valence-electron chi connectivity index (χ2n) is 7.93. The quantitative estimate of drug-likeness (QED) is 0.391. The number of benzene rings is 2. The molecular formula is C26H21ClN6O2. The number of imidazole rings is 1. The second kappa shape index (κ2) is 9.52. The number of carbonyl (C=O) groups is 1. The Labute approximate surface area is 205 Å². The van der Waals surface area contributed by atoms with Gasteiger partial charge in [0.05, 0.1) is 15.9 Å². The zero-order valence-electron chi connectivity index (χ0n) is 18.9. The normalized spacial score (nSPS) is 11.0. The summed E-state index contributed by atoms with van der Waals surface area (Å²) in [6.07, 6.45) is 5.11. The molecule has 5 aromatic rings. The lowest BCUT2D eigenvalue weighted by Gasteiger charge is -2.14. The van der Waals surface area contributed by atoms with Crippen molar-refractivity contribution >= 4 is 28.4 Å². The number of fused-ring (bicyclic) bond motifs is 1. The van der Waals surface area contributed by atoms with Gasteiger partial charge in [0.15, 0.2) is 0 Å². The van der Waals surface area contributed by atoms with Crippen molar-refractivity contribution in [3.63, 3.8) is 0 Å². The van der Waals surface area contributed by atoms with Crippen molar-refractivity contribution in [3.05, 3.63) is 94.6 Å². The predicted molar refractivity (Wildman–Crippen MR) is 135 cm³/mol. The fourth-order valence-electron chi connectivity index (χ4n) is 3.91. The highest BCUT2D eigenvalue weighted by Crippen LogP contribution is 2.25. The number of hydrogen-bond donors (Lipinski definition) is 1. The molecule has 0 aliphatic heterocycles. The Kier molecular flexibility index (Phi) is 6.12. The van der Waals surface area contributed by atoms with E-state index >= 15 is 0 Å². The third-order valence-corrected chi connectivity index (χ3v) is 5.78. The van der Waals surface area contributed by atoms with Gasteiger partial charge in [-0.15, -0.1) is 0 Å². The van der Waals surface area contributed by atoms with Crippen molar-refractivity contribution in [1.82, 2.24) is 29.4 Å². The standard InChI is InChI=1S/C26H21ClN6O2/c1-17(34)28-12-14-32-15-13-29-24(32)18-6-8-19(9-7-18)25-31-22-5-3-2-4-21(22)26(35)33(25)23-11-10-20(27)16-30-23/h2-11,13,15-16H,12,14H2,1H3,(H,28,34). The Hall–Kier alpha value is -4.30. The lowest BCUT2D eigenvalue weighted by Crippen LogP contribution is -2.24. The lowest BCUT2D eigenvalue weighted by atomic mass is 10.1. The van der Waals surface area contributed by atoms with Crippen molar-refractivity contribution < 1.29 is 4.79 Å². The first-order valence-electron chi connectivity index (χ1n) is 11.0. The summed E-state index contributed by atoms with van der Waals surface area (Å²) >= 11 is 6.02. The summed E-state index contributed by atoms with van der Waals surface area (Å²) in [5.41, 5.74) is 2.05. The van der Waals surface area contributed by atoms with E-state index in [2.05, 4.69) is 15.3 Å². The molecule has 0 saturated carbocycles. The molecule has 0 unspecified atom stereocenters. The maximum Gasteiger partial charge on any atom is 0.267 e. The summed E-state index contributed by atoms with van der Waals surface area (Å²) in [5.74, 6) is 1.62. The summed E-state index contributed by atoms with van der Waals surface area (Å²) in [6.45, 7) is 2.61. The van der Waals surface area contributed by atoms with Crippen LogP contribution in [-0.2, 0) is 11.3 Å². The summed E-state index contributed by atoms with van der Waals surface area (Å²) in [5, 5.41) is 3.78. The zero-order valence-corrected chi connectivity index (χ0v) is 19.6. The van der Waals surface area contributed by atoms with Gasteiger partial charge in [-0.1, -0.05) is 48.0 Å². The van der Waals surface area contributed by atoms with Gasteiger partial charge >= 0.3 is 0 Å². The molecule has 35 heavy (non-hydrogen) atoms. The van der Waals surface area contributed by atoms with Gasteiger partial charge < -0.3 is 9.88 Å². The molecule has 8 nitrogen and oxygen atoms in total. The highest BCUT2D eigenvalue weighted by Gasteiger charge is 2.16. The number of para-hydroxylation sites is 1. The summed E-state index contributed by atoms with van der Waals surface area (Å²) in [6, 6.07) is 18.3. The topological polar surface area (TPSA) is 94.7 Å². The first kappa shape index (κ1) is 22.5. The minimum Gasteiger partial charge on any atom is -0.355 e. The van der Waals surface area contributed by atoms with E-state index in [1.54, 1.807) is 24.4 Å². The molecule has 2 aromatic carbocycles. The number of rotatable bonds is 6. The Morgan fingerprint density at radius 1 is 0.971 bits per heavy atom. The predicted octanol–water partition coefficient (Wildman–Crippen LogP) is 4.10. The Morgan fingerprint density at radius 3 is 2.43 bits per heavy atom. The van der Waals surface area contributed by atoms with E-state index in [9.17, 15) is 9.59 Å². The van der Waals surface area contributed by atoms with Gasteiger partial charge in [-0.05, 0) is 24.3 Å². The van der Waals surface area contributed by atoms with Crippen LogP contribution in [0.4, 0.5) is 0 Å². The van der Waals surface area contributed by atoms with E-state index in [1.807, 2.05) is 53.2 Å². The molecule has 0 aliphatic carbocycles. The van der Waals surface area contributed by atoms with Gasteiger partial charge in [0.2, 0.25) is 5.91 Å². The smallest absolute Gasteiger partial charge is 0.267 e. The number of amides is 1. The van der Waals surface area contributed by atoms with E-state index in [0.29, 0.717) is 40.7 Å². The Balaban J connectivity index is 1.57. The molecule has 0 spiro atoms. The molecule has 1 amide bonds. The largest absolute Gasteiger partial charge is 0.355 e. The van der Waals surface area contributed by atoms with Crippen LogP contribution in [0.1, 0.15) is 6.92 Å². The van der Waals surface area contributed by atoms with Crippen molar-refractivity contribution in [3.8, 4) is 28.6 Å². The van der Waals surface area contributed by atoms with E-state index in [-0.39, 0.29) is 11.5 Å². The highest BCUT2D eigenvalue weighted by atomic mass is 35.5. The maximum atomic E-state index is 13.5. The Morgan fingerprint density at radius 2 is 1.71 bits per heavy atom. The minimum absolute atomic E-state index is 0.0693. The zero-order chi connectivity index (χ0) is 24.4. The molecule has 0 radical (unpaired) electrons. The lowest BCUT2D eigenvalue weighted by molar-refractivity contribution is -0.118. The molecule has 1 N–H and O–H groups in total. The van der Waals surface area contributed by atoms with Crippen LogP contribution in [0.2, 0.25) is 5.02 Å². The summed E-state index contributed by atoms with van der Waals surface area (Å²) in [4.78, 5) is 38.3. The number of nitrogens with zero attached hydrogens (tertiary/aromatic N) is 5. The first-order valence-corrected chi connectivity index (χ1v) is 11.4. The molecule has 0 bridgehead atoms. The third-order valence-electron chi connectivity index (χ3n) is 5.56. The number of halogens is 1. The number of carbonyl (C=O) groups excluding carboxylic acids is 1. The van der Waals surface area contributed by atoms with E-state index in [1.165, 1.54) is 17.7 Å². The van der Waals surface area contributed by atoms with Gasteiger partial charge in [0, 0.05) is 49.7 Å². The van der Waals surface area contributed by atoms with Crippen LogP contribution in [-0.4, -0.2) is 36.5 Å². The van der Waals surface area contributed by atoms with Gasteiger partial charge in [-0.25, -0.2) is 19.5 Å². The second-order valence-corrected chi connectivity index (χ2v) is 8.37. The van der Waals surface area contributed by atoms with Crippen LogP contribution in [0.15, 0.2) is 84.0 Å². The first-order chi connectivity index (χ1) is 17.0. The maximum absolute atomic E-state index is 13.5. The number of hydrogen-bond acceptors (Lipinski definition) is 5. The van der Waals surface area contributed by atoms with E-state index < -0.39 is 0 Å². The monoisotopic (exact) mass is 484 g/mol. The fourth-order valence-corrected chi connectivity index (χ4v) is 4.02. The van der Waals surface area contributed by atoms with Crippen LogP contribution < -0.4 is 10.9 Å². The Bertz CT molecular complexity index is 1570. The van der Waals surface area contributed by atoms with Gasteiger partial charge in [0.25, 0.3) is 5.56 Å². The van der Waals surface area contributed by atoms with E-state index in [4.69, 9.17) is 16.6 Å². The molecule has 9 heteroatoms. The molecule has 174 valence electrons. The van der Waals surface area contributed by atoms with Crippen LogP contribution in [0.25, 0.3) is 39.5 Å². The van der Waals surface area contributed by atoms with Gasteiger partial charge in [0.1, 0.15) is 17.5 Å². The van der Waals surface area contributed by atoms with Crippen LogP contribution in [0.5, 0.6) is 0 Å². The van der Waals surface area contributed by atoms with Crippen molar-refractivity contribution in [1.29, 1.82) is 0 Å². The number of pyridine rings is 1. The average molecular weight is 485 g/mol. The molecule has 0 aliphatic rings. The molecule has 0 atom stereocenters. The molecular weight excluding hydrogens is 464 g/mol. The average Bonchev–Trinajstić information content (AvgIpc) is 3.33. The molecule has 3 heterocycles. The molecule has 0 saturated heterocycles. The van der Waals surface area contributed by atoms with E-state index in [0.717, 1.165) is 17.0 Å². The fraction of sp³-hybridized carbons (Fsp3) is 0.115. The van der Waals surface area contributed by atoms with Crippen LogP contribution in [0.3, 0.4) is 0 Å². The minimum atomic E-state index is -0.210. The molecule has 3 aromatic heterocycles. The van der Waals surface area contributed by atoms with Crippen molar-refractivity contribution in [2.24, 2.45) is 0 Å². The number of nitrogens with one attached hydrogen (secondary N) is 1. The van der Waals surface area contributed by atoms with Crippen molar-refractivity contribution in [2.45, 2.75) is 13.5 Å². The van der Waals surface area contributed by atoms with Crippen LogP contribution in [0, 0.1) is 0 Å². The SMILES string of the molecule is CC(=O)NCCn1ccnc1-c1ccc(-c2nc3ccccc3c(=O)n2-c2ccc(Cl)cn2)cc1. The van der Waals surface area contributed by atoms with Crippen LogP contribution >= 0.6 is 11.6 Å². The summed E-state index contributed by atoms with van der Waals surface area (Å²) < 4.78 is 3.48. The molecule has 0 fully saturated rings. The summed E-state index contributed by atoms with van der Waals surface area (Å²) in [7, 11) is 0. The highest BCUT2D eigenvalue weighted by molar-refractivity contribution is 6.30. The third kappa shape index (κ3) is 4.56. The number of aromatic nitrogens is 5.